The zero-order valence-electron chi connectivity index (χ0n) is 12.5. The fourth-order valence-corrected chi connectivity index (χ4v) is 2.13. The lowest BCUT2D eigenvalue weighted by atomic mass is 9.96. The Morgan fingerprint density at radius 2 is 2.04 bits per heavy atom. The summed E-state index contributed by atoms with van der Waals surface area (Å²) in [6.45, 7) is -0.585. The van der Waals surface area contributed by atoms with Crippen molar-refractivity contribution in [3.05, 3.63) is 0 Å². The van der Waals surface area contributed by atoms with Gasteiger partial charge in [0.2, 0.25) is 5.79 Å². The van der Waals surface area contributed by atoms with Crippen molar-refractivity contribution in [2.75, 3.05) is 19.7 Å². The summed E-state index contributed by atoms with van der Waals surface area (Å²) in [4.78, 5) is 14.9. The molecule has 1 aliphatic heterocycles. The van der Waals surface area contributed by atoms with E-state index in [9.17, 15) is 25.2 Å². The SMILES string of the molecule is NC(N)=NCCCC(NC[C@]1(O)OC[C@H](O)[C@H](O)[C@H]1O)C(=O)O. The third kappa shape index (κ3) is 5.57. The number of hydrogen-bond acceptors (Lipinski definition) is 8. The average Bonchev–Trinajstić information content (AvgIpc) is 2.48. The number of hydrogen-bond donors (Lipinski definition) is 8. The number of ether oxygens (including phenoxy) is 1. The molecular formula is C12H24N4O7. The van der Waals surface area contributed by atoms with Crippen molar-refractivity contribution in [3.8, 4) is 0 Å². The fraction of sp³-hybridized carbons (Fsp3) is 0.833. The van der Waals surface area contributed by atoms with Crippen LogP contribution in [-0.4, -0.2) is 87.3 Å². The fourth-order valence-electron chi connectivity index (χ4n) is 2.13. The summed E-state index contributed by atoms with van der Waals surface area (Å²) in [5.41, 5.74) is 10.3. The molecule has 0 spiro atoms. The second-order valence-corrected chi connectivity index (χ2v) is 5.38. The van der Waals surface area contributed by atoms with Gasteiger partial charge in [-0.15, -0.1) is 0 Å². The highest BCUT2D eigenvalue weighted by atomic mass is 16.6. The zero-order chi connectivity index (χ0) is 17.6. The van der Waals surface area contributed by atoms with Crippen LogP contribution in [0.1, 0.15) is 12.8 Å². The monoisotopic (exact) mass is 336 g/mol. The summed E-state index contributed by atoms with van der Waals surface area (Å²) in [5, 5.41) is 50.5. The van der Waals surface area contributed by atoms with Gasteiger partial charge in [0.25, 0.3) is 0 Å². The van der Waals surface area contributed by atoms with E-state index < -0.39 is 49.3 Å². The second kappa shape index (κ2) is 8.38. The summed E-state index contributed by atoms with van der Waals surface area (Å²) < 4.78 is 4.93. The summed E-state index contributed by atoms with van der Waals surface area (Å²) >= 11 is 0. The van der Waals surface area contributed by atoms with Crippen molar-refractivity contribution >= 4 is 11.9 Å². The predicted molar refractivity (Wildman–Crippen MR) is 78.3 cm³/mol. The van der Waals surface area contributed by atoms with E-state index in [4.69, 9.17) is 21.3 Å². The van der Waals surface area contributed by atoms with Gasteiger partial charge in [-0.3, -0.25) is 15.1 Å². The number of aliphatic hydroxyl groups excluding tert-OH is 3. The number of nitrogens with one attached hydrogen (secondary N) is 1. The molecule has 1 unspecified atom stereocenters. The molecule has 0 aromatic rings. The lowest BCUT2D eigenvalue weighted by molar-refractivity contribution is -0.318. The third-order valence-corrected chi connectivity index (χ3v) is 3.53. The molecule has 1 heterocycles. The smallest absolute Gasteiger partial charge is 0.320 e. The maximum atomic E-state index is 11.2. The molecule has 11 heteroatoms. The number of carboxylic acids is 1. The third-order valence-electron chi connectivity index (χ3n) is 3.53. The van der Waals surface area contributed by atoms with Crippen LogP contribution >= 0.6 is 0 Å². The molecule has 0 aromatic carbocycles. The van der Waals surface area contributed by atoms with E-state index >= 15 is 0 Å². The Hall–Kier alpha value is -1.50. The Bertz CT molecular complexity index is 432. The molecule has 23 heavy (non-hydrogen) atoms. The van der Waals surface area contributed by atoms with Crippen LogP contribution in [0.2, 0.25) is 0 Å². The Kier molecular flexibility index (Phi) is 7.12. The molecule has 0 bridgehead atoms. The minimum Gasteiger partial charge on any atom is -0.480 e. The summed E-state index contributed by atoms with van der Waals surface area (Å²) in [5.74, 6) is -3.46. The summed E-state index contributed by atoms with van der Waals surface area (Å²) in [7, 11) is 0. The Labute approximate surface area is 132 Å². The zero-order valence-corrected chi connectivity index (χ0v) is 12.5. The van der Waals surface area contributed by atoms with E-state index in [2.05, 4.69) is 10.3 Å². The van der Waals surface area contributed by atoms with Gasteiger partial charge < -0.3 is 41.7 Å². The first-order chi connectivity index (χ1) is 10.7. The van der Waals surface area contributed by atoms with E-state index in [0.29, 0.717) is 6.42 Å². The Morgan fingerprint density at radius 1 is 1.39 bits per heavy atom. The molecule has 1 aliphatic rings. The van der Waals surface area contributed by atoms with Gasteiger partial charge in [-0.05, 0) is 12.8 Å². The number of carbonyl (C=O) groups is 1. The van der Waals surface area contributed by atoms with Gasteiger partial charge in [-0.25, -0.2) is 0 Å². The maximum Gasteiger partial charge on any atom is 0.320 e. The quantitative estimate of drug-likeness (QED) is 0.122. The normalized spacial score (nSPS) is 32.3. The Balaban J connectivity index is 2.54. The summed E-state index contributed by atoms with van der Waals surface area (Å²) in [6, 6.07) is -1.03. The van der Waals surface area contributed by atoms with Crippen LogP contribution in [-0.2, 0) is 9.53 Å². The lowest BCUT2D eigenvalue weighted by Crippen LogP contribution is -2.65. The number of aliphatic imine (C=N–C) groups is 1. The standard InChI is InChI=1S/C12H24N4O7/c13-11(14)15-3-1-2-6(10(20)21)16-5-12(22)9(19)8(18)7(17)4-23-12/h6-9,16-19,22H,1-5H2,(H,20,21)(H4,13,14,15)/t6?,7-,8-,9+,12-/m0/s1. The molecule has 5 atom stereocenters. The van der Waals surface area contributed by atoms with Crippen molar-refractivity contribution in [3.63, 3.8) is 0 Å². The highest BCUT2D eigenvalue weighted by Gasteiger charge is 2.48. The first-order valence-corrected chi connectivity index (χ1v) is 7.09. The molecule has 134 valence electrons. The van der Waals surface area contributed by atoms with Gasteiger partial charge in [0.15, 0.2) is 5.96 Å². The van der Waals surface area contributed by atoms with Crippen LogP contribution in [0, 0.1) is 0 Å². The van der Waals surface area contributed by atoms with Crippen molar-refractivity contribution in [1.29, 1.82) is 0 Å². The average molecular weight is 336 g/mol. The minimum absolute atomic E-state index is 0.0922. The van der Waals surface area contributed by atoms with Gasteiger partial charge in [0.1, 0.15) is 24.4 Å². The molecule has 10 N–H and O–H groups in total. The van der Waals surface area contributed by atoms with E-state index in [1.54, 1.807) is 0 Å². The first kappa shape index (κ1) is 19.5. The van der Waals surface area contributed by atoms with Gasteiger partial charge in [-0.1, -0.05) is 0 Å². The second-order valence-electron chi connectivity index (χ2n) is 5.38. The molecule has 1 fully saturated rings. The van der Waals surface area contributed by atoms with Gasteiger partial charge >= 0.3 is 5.97 Å². The van der Waals surface area contributed by atoms with Crippen molar-refractivity contribution in [2.24, 2.45) is 16.5 Å². The van der Waals surface area contributed by atoms with Gasteiger partial charge in [0, 0.05) is 6.54 Å². The number of carboxylic acid groups (broad SMARTS) is 1. The van der Waals surface area contributed by atoms with Crippen LogP contribution in [0.15, 0.2) is 4.99 Å². The molecule has 0 aromatic heterocycles. The van der Waals surface area contributed by atoms with Crippen LogP contribution in [0.5, 0.6) is 0 Å². The molecule has 0 aliphatic carbocycles. The number of nitrogens with zero attached hydrogens (tertiary/aromatic N) is 1. The number of aliphatic carboxylic acids is 1. The molecule has 11 nitrogen and oxygen atoms in total. The summed E-state index contributed by atoms with van der Waals surface area (Å²) in [6.07, 6.45) is -4.16. The van der Waals surface area contributed by atoms with Crippen molar-refractivity contribution < 1.29 is 35.1 Å². The van der Waals surface area contributed by atoms with E-state index in [-0.39, 0.29) is 18.9 Å². The molecule has 0 amide bonds. The van der Waals surface area contributed by atoms with Crippen molar-refractivity contribution in [2.45, 2.75) is 43.0 Å². The Morgan fingerprint density at radius 3 is 2.61 bits per heavy atom. The highest BCUT2D eigenvalue weighted by molar-refractivity contribution is 5.75. The number of nitrogens with two attached hydrogens (primary N) is 2. The molecule has 0 radical (unpaired) electrons. The van der Waals surface area contributed by atoms with Crippen LogP contribution in [0.4, 0.5) is 0 Å². The van der Waals surface area contributed by atoms with Crippen LogP contribution < -0.4 is 16.8 Å². The van der Waals surface area contributed by atoms with Gasteiger partial charge in [-0.2, -0.15) is 0 Å². The number of aliphatic hydroxyl groups is 4. The van der Waals surface area contributed by atoms with E-state index in [1.807, 2.05) is 0 Å². The number of guanidine groups is 1. The first-order valence-electron chi connectivity index (χ1n) is 7.09. The van der Waals surface area contributed by atoms with Crippen LogP contribution in [0.3, 0.4) is 0 Å². The van der Waals surface area contributed by atoms with E-state index in [0.717, 1.165) is 0 Å². The largest absolute Gasteiger partial charge is 0.480 e. The molecule has 1 saturated heterocycles. The predicted octanol–water partition coefficient (Wildman–Crippen LogP) is -4.12. The highest BCUT2D eigenvalue weighted by Crippen LogP contribution is 2.23. The molecule has 1 rings (SSSR count). The molecular weight excluding hydrogens is 312 g/mol. The number of rotatable bonds is 8. The lowest BCUT2D eigenvalue weighted by Gasteiger charge is -2.42. The maximum absolute atomic E-state index is 11.2. The van der Waals surface area contributed by atoms with Crippen LogP contribution in [0.25, 0.3) is 0 Å². The minimum atomic E-state index is -2.20. The van der Waals surface area contributed by atoms with Gasteiger partial charge in [0.05, 0.1) is 13.2 Å². The van der Waals surface area contributed by atoms with E-state index in [1.165, 1.54) is 0 Å². The molecule has 0 saturated carbocycles. The topological polar surface area (TPSA) is 204 Å². The van der Waals surface area contributed by atoms with Crippen molar-refractivity contribution in [1.82, 2.24) is 5.32 Å².